The Kier molecular flexibility index (Phi) is 38.3. The number of carbonyl (C=O) groups excluding carboxylic acids is 5. The van der Waals surface area contributed by atoms with Crippen molar-refractivity contribution in [2.45, 2.75) is 104 Å². The molecular formula is C95H92BBrF6LiN5O16. The average molecular weight is 1770 g/mol. The van der Waals surface area contributed by atoms with E-state index in [4.69, 9.17) is 49.3 Å². The molecule has 125 heavy (non-hydrogen) atoms. The monoisotopic (exact) mass is 1770 g/mol. The number of carboxylic acids is 1. The number of nitrogens with zero attached hydrogens (tertiary/aromatic N) is 2. The van der Waals surface area contributed by atoms with Gasteiger partial charge in [0.15, 0.2) is 0 Å². The van der Waals surface area contributed by atoms with Gasteiger partial charge >= 0.3 is 43.9 Å². The van der Waals surface area contributed by atoms with Gasteiger partial charge in [-0.05, 0) is 171 Å². The molecule has 0 radical (unpaired) electrons. The van der Waals surface area contributed by atoms with E-state index < -0.39 is 112 Å². The summed E-state index contributed by atoms with van der Waals surface area (Å²) in [5.74, 6) is -9.64. The summed E-state index contributed by atoms with van der Waals surface area (Å²) in [6.45, 7) is 3.99. The molecule has 30 heteroatoms. The predicted molar refractivity (Wildman–Crippen MR) is 463 cm³/mol. The number of carbonyl (C=O) groups is 6. The zero-order valence-corrected chi connectivity index (χ0v) is 68.7. The van der Waals surface area contributed by atoms with Gasteiger partial charge in [0.2, 0.25) is 0 Å². The van der Waals surface area contributed by atoms with E-state index >= 15 is 0 Å². The van der Waals surface area contributed by atoms with Crippen molar-refractivity contribution < 1.29 is 123 Å². The summed E-state index contributed by atoms with van der Waals surface area (Å²) in [5.41, 5.74) is 7.71. The molecule has 3 amide bonds. The minimum atomic E-state index is -1.44. The van der Waals surface area contributed by atoms with Crippen LogP contribution in [-0.4, -0.2) is 129 Å². The van der Waals surface area contributed by atoms with Crippen LogP contribution in [0, 0.1) is 45.7 Å². The van der Waals surface area contributed by atoms with Crippen LogP contribution in [0.15, 0.2) is 223 Å². The Morgan fingerprint density at radius 1 is 0.400 bits per heavy atom. The third-order valence-electron chi connectivity index (χ3n) is 20.5. The van der Waals surface area contributed by atoms with E-state index in [1.54, 1.807) is 6.07 Å². The van der Waals surface area contributed by atoms with Crippen LogP contribution in [-0.2, 0) is 67.1 Å². The smallest absolute Gasteiger partial charge is 0.870 e. The Morgan fingerprint density at radius 3 is 1.06 bits per heavy atom. The zero-order chi connectivity index (χ0) is 86.2. The molecule has 12 aromatic carbocycles. The first kappa shape index (κ1) is 99.7. The van der Waals surface area contributed by atoms with Crippen molar-refractivity contribution in [3.05, 3.63) is 308 Å². The van der Waals surface area contributed by atoms with E-state index in [-0.39, 0.29) is 58.5 Å². The van der Waals surface area contributed by atoms with E-state index in [1.165, 1.54) is 38.7 Å². The molecule has 7 N–H and O–H groups in total. The fourth-order valence-corrected chi connectivity index (χ4v) is 15.2. The molecule has 0 bridgehead atoms. The van der Waals surface area contributed by atoms with Crippen LogP contribution in [0.2, 0.25) is 0 Å². The number of hydrogen-bond donors (Lipinski definition) is 6. The van der Waals surface area contributed by atoms with Crippen LogP contribution in [0.3, 0.4) is 0 Å². The zero-order valence-electron chi connectivity index (χ0n) is 67.1. The van der Waals surface area contributed by atoms with E-state index in [2.05, 4.69) is 44.0 Å². The van der Waals surface area contributed by atoms with Crippen molar-refractivity contribution in [3.8, 4) is 39.5 Å². The molecule has 4 heterocycles. The second kappa shape index (κ2) is 48.0. The summed E-state index contributed by atoms with van der Waals surface area (Å²) in [5, 5.41) is 52.4. The van der Waals surface area contributed by atoms with Crippen molar-refractivity contribution in [3.63, 3.8) is 0 Å². The van der Waals surface area contributed by atoms with Crippen molar-refractivity contribution in [1.29, 1.82) is 10.8 Å². The summed E-state index contributed by atoms with van der Waals surface area (Å²) in [7, 11) is 0.948. The number of aryl methyl sites for hydroxylation is 3. The number of methoxy groups -OCH3 is 2. The fraction of sp³-hybridized carbons (Fsp3) is 0.242. The molecule has 21 nitrogen and oxygen atoms in total. The quantitative estimate of drug-likeness (QED) is 0.0201. The standard InChI is InChI=1S/C30H25F2NO4.C29H23F2NO4.C21H16BrF2NO3.C9H11BO3.C4H8O.2CH4.Li.N2.H2O/c1-36-30(35)26(33-29(34)27-24(31)12-5-13-25(27)32)17-19-14-15-22(21-10-3-2-9-20(19)21)23-11-4-7-18-8-6-16-37-28(18)23;30-23-11-4-12-24(31)26(23)28(33)32-25(29(34)35)16-18-13-14-21(20-9-2-1-8-19(18)20)22-10-3-6-17-7-5-15-36-27(17)22;1-28-21(27)18(25-20(26)19-16(23)7-4-8-17(19)24)11-12-9-10-15(22)14-6-3-2-5-13(12)14;11-10(12)8-5-1-3-7-4-2-6-13-9(7)8;1-2-4-5-3-1;;;;1-2;/h2-5,7,9-15,26H,6,8,16-17H2,1H3,(H,33,34);1-4,6,8-14,25H,5,7,15-16H2,(H,32,33)(H,34,35);2-10,18H,11H2,1H3,(H,25,26);1,3,5,11-12H,2,4,6H2;1-4H2;2*1H4;;;1H2/q;;;;;;;+1;;/p-1/t26-;25-;18-;;;;;;;/m000......./s1. The molecule has 0 unspecified atom stereocenters. The first-order chi connectivity index (χ1) is 58.6. The van der Waals surface area contributed by atoms with Crippen LogP contribution < -0.4 is 54.5 Å². The van der Waals surface area contributed by atoms with Gasteiger partial charge in [-0.2, -0.15) is 0 Å². The van der Waals surface area contributed by atoms with Crippen molar-refractivity contribution in [1.82, 2.24) is 16.0 Å². The number of rotatable bonds is 18. The minimum Gasteiger partial charge on any atom is -0.870 e. The molecular weight excluding hydrogens is 1680 g/mol. The van der Waals surface area contributed by atoms with Crippen LogP contribution >= 0.6 is 15.9 Å². The average Bonchev–Trinajstić information content (AvgIpc) is 1.24. The second-order valence-electron chi connectivity index (χ2n) is 28.2. The number of fused-ring (bicyclic) bond motifs is 6. The number of nitrogens with one attached hydrogen (secondary N) is 3. The van der Waals surface area contributed by atoms with E-state index in [0.29, 0.717) is 36.6 Å². The number of ether oxygens (including phenoxy) is 6. The summed E-state index contributed by atoms with van der Waals surface area (Å²) in [4.78, 5) is 74.5. The maximum absolute atomic E-state index is 14.2. The number of para-hydroxylation sites is 3. The van der Waals surface area contributed by atoms with E-state index in [0.717, 1.165) is 193 Å². The summed E-state index contributed by atoms with van der Waals surface area (Å²) < 4.78 is 117. The summed E-state index contributed by atoms with van der Waals surface area (Å²) in [6, 6.07) is 57.5. The molecule has 16 rings (SSSR count). The van der Waals surface area contributed by atoms with Crippen molar-refractivity contribution >= 4 is 96.5 Å². The Balaban J connectivity index is 0.000000229. The number of aliphatic carboxylic acids is 1. The van der Waals surface area contributed by atoms with Crippen molar-refractivity contribution in [2.24, 2.45) is 0 Å². The molecule has 646 valence electrons. The molecule has 0 aromatic heterocycles. The molecule has 3 atom stereocenters. The number of hydrogen-bond acceptors (Lipinski definition) is 17. The predicted octanol–water partition coefficient (Wildman–Crippen LogP) is 14.2. The Hall–Kier alpha value is -12.4. The van der Waals surface area contributed by atoms with E-state index in [1.807, 2.05) is 146 Å². The van der Waals surface area contributed by atoms with Crippen LogP contribution in [0.5, 0.6) is 17.2 Å². The molecule has 1 fully saturated rings. The summed E-state index contributed by atoms with van der Waals surface area (Å²) in [6.07, 6.45) is 8.46. The number of esters is 2. The van der Waals surface area contributed by atoms with Crippen LogP contribution in [0.4, 0.5) is 26.3 Å². The van der Waals surface area contributed by atoms with Crippen molar-refractivity contribution in [2.75, 3.05) is 47.3 Å². The van der Waals surface area contributed by atoms with Gasteiger partial charge < -0.3 is 65.0 Å². The molecule has 0 aliphatic carbocycles. The molecule has 0 saturated carbocycles. The third kappa shape index (κ3) is 24.6. The molecule has 4 aliphatic heterocycles. The molecule has 4 aliphatic rings. The second-order valence-corrected chi connectivity index (χ2v) is 29.1. The van der Waals surface area contributed by atoms with Gasteiger partial charge in [-0.3, -0.25) is 14.4 Å². The van der Waals surface area contributed by atoms with Gasteiger partial charge in [0.1, 0.15) is 87.0 Å². The fourth-order valence-electron chi connectivity index (χ4n) is 14.7. The molecule has 0 spiro atoms. The first-order valence-corrected chi connectivity index (χ1v) is 39.6. The first-order valence-electron chi connectivity index (χ1n) is 38.8. The summed E-state index contributed by atoms with van der Waals surface area (Å²) >= 11 is 3.48. The largest absolute Gasteiger partial charge is 1.00 e. The number of amides is 3. The number of halogens is 7. The Bertz CT molecular complexity index is 5750. The van der Waals surface area contributed by atoms with Gasteiger partial charge in [-0.25, -0.2) is 40.7 Å². The third-order valence-corrected chi connectivity index (χ3v) is 21.2. The SMILES string of the molecule is C.C.C1CCOC1.COC(=O)[C@H](Cc1ccc(-c2cccc3c2OCCC3)c2ccccc12)NC(=O)c1c(F)cccc1F.COC(=O)[C@H](Cc1ccc(Br)c2ccccc12)NC(=O)c1c(F)cccc1F.N#N.O=C(N[C@@H](Cc1ccc(-c2cccc3c2OCCC3)c2ccccc12)C(=O)O)c1c(F)cccc1F.OB(O)c1cccc2c1OCCC2.[Li+].[OH-]. The minimum absolute atomic E-state index is 0. The molecule has 1 saturated heterocycles. The van der Waals surface area contributed by atoms with Crippen LogP contribution in [0.25, 0.3) is 54.6 Å². The Labute approximate surface area is 739 Å². The Morgan fingerprint density at radius 2 is 0.712 bits per heavy atom. The van der Waals surface area contributed by atoms with Gasteiger partial charge in [-0.15, -0.1) is 0 Å². The normalized spacial score (nSPS) is 13.0. The van der Waals surface area contributed by atoms with E-state index in [9.17, 15) is 60.2 Å². The number of benzene rings is 12. The maximum atomic E-state index is 14.2. The maximum Gasteiger partial charge on any atom is 1.00 e. The number of carboxylic acid groups (broad SMARTS) is 1. The van der Waals surface area contributed by atoms with Gasteiger partial charge in [0.05, 0.1) is 34.0 Å². The topological polar surface area (TPSA) is 332 Å². The van der Waals surface area contributed by atoms with Gasteiger partial charge in [0, 0.05) is 64.3 Å². The van der Waals surface area contributed by atoms with Crippen LogP contribution in [0.1, 0.15) is 111 Å². The molecule has 12 aromatic rings. The van der Waals surface area contributed by atoms with Gasteiger partial charge in [-0.1, -0.05) is 207 Å². The van der Waals surface area contributed by atoms with Gasteiger partial charge in [0.25, 0.3) is 17.7 Å².